The highest BCUT2D eigenvalue weighted by Crippen LogP contribution is 2.32. The Morgan fingerprint density at radius 1 is 1.46 bits per heavy atom. The molecule has 0 saturated carbocycles. The fourth-order valence-corrected chi connectivity index (χ4v) is 1.72. The SMILES string of the molecule is CCC(C)CC1(C)C=CC=CC1=O. The zero-order valence-corrected chi connectivity index (χ0v) is 8.71. The normalized spacial score (nSPS) is 29.3. The van der Waals surface area contributed by atoms with Crippen molar-refractivity contribution in [2.45, 2.75) is 33.6 Å². The third kappa shape index (κ3) is 2.30. The molecule has 0 aromatic heterocycles. The van der Waals surface area contributed by atoms with Gasteiger partial charge in [-0.15, -0.1) is 0 Å². The molecule has 1 rings (SSSR count). The van der Waals surface area contributed by atoms with E-state index in [9.17, 15) is 4.79 Å². The van der Waals surface area contributed by atoms with Crippen LogP contribution in [0.3, 0.4) is 0 Å². The maximum Gasteiger partial charge on any atom is 0.165 e. The minimum atomic E-state index is -0.246. The molecular weight excluding hydrogens is 160 g/mol. The van der Waals surface area contributed by atoms with Crippen LogP contribution in [0.1, 0.15) is 33.6 Å². The second kappa shape index (κ2) is 3.91. The first-order valence-electron chi connectivity index (χ1n) is 4.99. The number of rotatable bonds is 3. The van der Waals surface area contributed by atoms with Gasteiger partial charge < -0.3 is 0 Å². The Kier molecular flexibility index (Phi) is 3.07. The lowest BCUT2D eigenvalue weighted by molar-refractivity contribution is -0.121. The van der Waals surface area contributed by atoms with Gasteiger partial charge in [0.2, 0.25) is 0 Å². The quantitative estimate of drug-likeness (QED) is 0.649. The number of hydrogen-bond acceptors (Lipinski definition) is 1. The number of allylic oxidation sites excluding steroid dienone is 4. The largest absolute Gasteiger partial charge is 0.294 e. The van der Waals surface area contributed by atoms with Crippen LogP contribution in [0.2, 0.25) is 0 Å². The zero-order valence-electron chi connectivity index (χ0n) is 8.71. The van der Waals surface area contributed by atoms with Crippen LogP contribution >= 0.6 is 0 Å². The van der Waals surface area contributed by atoms with Crippen LogP contribution in [0.15, 0.2) is 24.3 Å². The molecule has 0 heterocycles. The van der Waals surface area contributed by atoms with E-state index in [0.717, 1.165) is 12.8 Å². The molecule has 1 nitrogen and oxygen atoms in total. The van der Waals surface area contributed by atoms with Crippen molar-refractivity contribution in [3.05, 3.63) is 24.3 Å². The summed E-state index contributed by atoms with van der Waals surface area (Å²) in [4.78, 5) is 11.6. The highest BCUT2D eigenvalue weighted by atomic mass is 16.1. The minimum absolute atomic E-state index is 0.246. The average molecular weight is 178 g/mol. The summed E-state index contributed by atoms with van der Waals surface area (Å²) in [6, 6.07) is 0. The van der Waals surface area contributed by atoms with E-state index in [2.05, 4.69) is 13.8 Å². The summed E-state index contributed by atoms with van der Waals surface area (Å²) < 4.78 is 0. The van der Waals surface area contributed by atoms with Crippen LogP contribution in [0, 0.1) is 11.3 Å². The van der Waals surface area contributed by atoms with Gasteiger partial charge >= 0.3 is 0 Å². The Bertz CT molecular complexity index is 250. The van der Waals surface area contributed by atoms with Crippen molar-refractivity contribution >= 4 is 5.78 Å². The summed E-state index contributed by atoms with van der Waals surface area (Å²) in [7, 11) is 0. The van der Waals surface area contributed by atoms with E-state index in [1.165, 1.54) is 0 Å². The Labute approximate surface area is 80.5 Å². The Hall–Kier alpha value is -0.850. The summed E-state index contributed by atoms with van der Waals surface area (Å²) in [5.41, 5.74) is -0.246. The highest BCUT2D eigenvalue weighted by molar-refractivity contribution is 5.97. The Morgan fingerprint density at radius 3 is 2.69 bits per heavy atom. The molecule has 0 radical (unpaired) electrons. The fourth-order valence-electron chi connectivity index (χ4n) is 1.72. The summed E-state index contributed by atoms with van der Waals surface area (Å²) in [6.45, 7) is 6.40. The van der Waals surface area contributed by atoms with Crippen LogP contribution in [0.5, 0.6) is 0 Å². The molecule has 0 bridgehead atoms. The first kappa shape index (κ1) is 10.2. The molecule has 0 aromatic rings. The van der Waals surface area contributed by atoms with Crippen LogP contribution < -0.4 is 0 Å². The second-order valence-electron chi connectivity index (χ2n) is 4.22. The first-order valence-corrected chi connectivity index (χ1v) is 4.99. The molecule has 13 heavy (non-hydrogen) atoms. The second-order valence-corrected chi connectivity index (χ2v) is 4.22. The summed E-state index contributed by atoms with van der Waals surface area (Å²) in [5, 5.41) is 0. The molecule has 0 aromatic carbocycles. The monoisotopic (exact) mass is 178 g/mol. The summed E-state index contributed by atoms with van der Waals surface area (Å²) in [5.74, 6) is 0.861. The van der Waals surface area contributed by atoms with Crippen molar-refractivity contribution in [2.75, 3.05) is 0 Å². The Morgan fingerprint density at radius 2 is 2.15 bits per heavy atom. The molecule has 0 fully saturated rings. The standard InChI is InChI=1S/C12H18O/c1-4-10(2)9-12(3)8-6-5-7-11(12)13/h5-8,10H,4,9H2,1-3H3. The van der Waals surface area contributed by atoms with Crippen molar-refractivity contribution in [3.63, 3.8) is 0 Å². The van der Waals surface area contributed by atoms with Crippen molar-refractivity contribution < 1.29 is 4.79 Å². The van der Waals surface area contributed by atoms with Crippen molar-refractivity contribution in [1.82, 2.24) is 0 Å². The smallest absolute Gasteiger partial charge is 0.165 e. The van der Waals surface area contributed by atoms with Crippen molar-refractivity contribution in [2.24, 2.45) is 11.3 Å². The molecular formula is C12H18O. The first-order chi connectivity index (χ1) is 6.08. The van der Waals surface area contributed by atoms with E-state index in [0.29, 0.717) is 5.92 Å². The Balaban J connectivity index is 2.70. The third-order valence-corrected chi connectivity index (χ3v) is 2.86. The maximum absolute atomic E-state index is 11.6. The van der Waals surface area contributed by atoms with Gasteiger partial charge in [0.1, 0.15) is 0 Å². The number of ketones is 1. The van der Waals surface area contributed by atoms with Crippen LogP contribution in [-0.2, 0) is 4.79 Å². The van der Waals surface area contributed by atoms with Crippen LogP contribution in [0.25, 0.3) is 0 Å². The molecule has 1 aliphatic carbocycles. The van der Waals surface area contributed by atoms with E-state index >= 15 is 0 Å². The minimum Gasteiger partial charge on any atom is -0.294 e. The predicted molar refractivity (Wildman–Crippen MR) is 55.5 cm³/mol. The van der Waals surface area contributed by atoms with Crippen LogP contribution in [-0.4, -0.2) is 5.78 Å². The lowest BCUT2D eigenvalue weighted by Crippen LogP contribution is -2.27. The average Bonchev–Trinajstić information content (AvgIpc) is 2.10. The van der Waals surface area contributed by atoms with Gasteiger partial charge in [-0.05, 0) is 25.3 Å². The molecule has 0 aliphatic heterocycles. The summed E-state index contributed by atoms with van der Waals surface area (Å²) >= 11 is 0. The van der Waals surface area contributed by atoms with Gasteiger partial charge in [-0.1, -0.05) is 38.5 Å². The van der Waals surface area contributed by atoms with Gasteiger partial charge in [0, 0.05) is 5.41 Å². The topological polar surface area (TPSA) is 17.1 Å². The number of hydrogen-bond donors (Lipinski definition) is 0. The van der Waals surface area contributed by atoms with E-state index in [-0.39, 0.29) is 11.2 Å². The van der Waals surface area contributed by atoms with Gasteiger partial charge in [-0.2, -0.15) is 0 Å². The molecule has 0 N–H and O–H groups in total. The lowest BCUT2D eigenvalue weighted by Gasteiger charge is -2.27. The molecule has 0 spiro atoms. The van der Waals surface area contributed by atoms with Crippen molar-refractivity contribution in [3.8, 4) is 0 Å². The molecule has 1 heteroatoms. The molecule has 2 atom stereocenters. The van der Waals surface area contributed by atoms with E-state index in [4.69, 9.17) is 0 Å². The summed E-state index contributed by atoms with van der Waals surface area (Å²) in [6.07, 6.45) is 9.61. The molecule has 1 aliphatic rings. The van der Waals surface area contributed by atoms with E-state index in [1.54, 1.807) is 6.08 Å². The maximum atomic E-state index is 11.6. The van der Waals surface area contributed by atoms with Crippen LogP contribution in [0.4, 0.5) is 0 Å². The van der Waals surface area contributed by atoms with Gasteiger partial charge in [0.05, 0.1) is 0 Å². The van der Waals surface area contributed by atoms with E-state index < -0.39 is 0 Å². The zero-order chi connectivity index (χ0) is 9.90. The molecule has 0 amide bonds. The van der Waals surface area contributed by atoms with Gasteiger partial charge in [-0.25, -0.2) is 0 Å². The van der Waals surface area contributed by atoms with Gasteiger partial charge in [0.25, 0.3) is 0 Å². The molecule has 2 unspecified atom stereocenters. The third-order valence-electron chi connectivity index (χ3n) is 2.86. The predicted octanol–water partition coefficient (Wildman–Crippen LogP) is 3.12. The van der Waals surface area contributed by atoms with Crippen molar-refractivity contribution in [1.29, 1.82) is 0 Å². The molecule has 0 saturated heterocycles. The molecule has 72 valence electrons. The van der Waals surface area contributed by atoms with Gasteiger partial charge in [-0.3, -0.25) is 4.79 Å². The number of carbonyl (C=O) groups excluding carboxylic acids is 1. The van der Waals surface area contributed by atoms with Gasteiger partial charge in [0.15, 0.2) is 5.78 Å². The highest BCUT2D eigenvalue weighted by Gasteiger charge is 2.30. The lowest BCUT2D eigenvalue weighted by atomic mass is 9.75. The fraction of sp³-hybridized carbons (Fsp3) is 0.583. The van der Waals surface area contributed by atoms with E-state index in [1.807, 2.05) is 25.2 Å². The number of carbonyl (C=O) groups is 1.